The van der Waals surface area contributed by atoms with Crippen LogP contribution in [0.1, 0.15) is 5.76 Å². The van der Waals surface area contributed by atoms with Crippen LogP contribution < -0.4 is 0 Å². The van der Waals surface area contributed by atoms with Crippen LogP contribution in [-0.4, -0.2) is 69.7 Å². The second kappa shape index (κ2) is 8.85. The third-order valence-electron chi connectivity index (χ3n) is 4.97. The maximum atomic E-state index is 12.7. The minimum absolute atomic E-state index is 0.222. The number of morpholine rings is 1. The first kappa shape index (κ1) is 20.9. The van der Waals surface area contributed by atoms with Crippen LogP contribution in [0.25, 0.3) is 17.1 Å². The summed E-state index contributed by atoms with van der Waals surface area (Å²) in [6.07, 6.45) is 1.52. The van der Waals surface area contributed by atoms with Gasteiger partial charge >= 0.3 is 0 Å². The van der Waals surface area contributed by atoms with Crippen molar-refractivity contribution in [3.8, 4) is 0 Å². The number of benzene rings is 1. The summed E-state index contributed by atoms with van der Waals surface area (Å²) in [5, 5.41) is 0.817. The summed E-state index contributed by atoms with van der Waals surface area (Å²) in [4.78, 5) is 47.9. The third kappa shape index (κ3) is 4.31. The van der Waals surface area contributed by atoms with Gasteiger partial charge in [-0.25, -0.2) is 4.98 Å². The average molecular weight is 471 g/mol. The zero-order valence-electron chi connectivity index (χ0n) is 16.8. The van der Waals surface area contributed by atoms with Crippen LogP contribution in [0.3, 0.4) is 0 Å². The molecule has 0 radical (unpaired) electrons. The molecule has 3 amide bonds. The molecule has 3 aromatic rings. The Morgan fingerprint density at radius 3 is 2.81 bits per heavy atom. The number of hydrogen-bond acceptors (Lipinski definition) is 8. The van der Waals surface area contributed by atoms with Gasteiger partial charge in [-0.1, -0.05) is 12.1 Å². The van der Waals surface area contributed by atoms with Gasteiger partial charge in [-0.15, -0.1) is 0 Å². The Balaban J connectivity index is 1.26. The van der Waals surface area contributed by atoms with E-state index >= 15 is 0 Å². The smallest absolute Gasteiger partial charge is 0.294 e. The first-order valence-electron chi connectivity index (χ1n) is 9.90. The topological polar surface area (TPSA) is 109 Å². The lowest BCUT2D eigenvalue weighted by atomic mass is 10.3. The molecule has 2 aliphatic heterocycles. The molecule has 0 bridgehead atoms. The van der Waals surface area contributed by atoms with E-state index < -0.39 is 11.1 Å². The number of furan rings is 1. The lowest BCUT2D eigenvalue weighted by Crippen LogP contribution is -2.46. The van der Waals surface area contributed by atoms with E-state index in [2.05, 4.69) is 9.97 Å². The van der Waals surface area contributed by atoms with E-state index in [4.69, 9.17) is 9.15 Å². The lowest BCUT2D eigenvalue weighted by molar-refractivity contribution is -0.139. The van der Waals surface area contributed by atoms with Gasteiger partial charge in [-0.3, -0.25) is 19.3 Å². The van der Waals surface area contributed by atoms with Crippen LogP contribution in [0.4, 0.5) is 4.79 Å². The highest BCUT2D eigenvalue weighted by Crippen LogP contribution is 2.34. The molecule has 4 heterocycles. The van der Waals surface area contributed by atoms with Gasteiger partial charge in [0, 0.05) is 19.2 Å². The molecule has 2 fully saturated rings. The maximum absolute atomic E-state index is 12.7. The highest BCUT2D eigenvalue weighted by atomic mass is 32.2. The van der Waals surface area contributed by atoms with Crippen LogP contribution in [0.2, 0.25) is 0 Å². The number of nitrogens with zero attached hydrogens (tertiary/aromatic N) is 3. The molecule has 2 saturated heterocycles. The number of thioether (sulfide) groups is 1. The average Bonchev–Trinajstić information content (AvgIpc) is 3.48. The molecule has 1 aromatic carbocycles. The van der Waals surface area contributed by atoms with Gasteiger partial charge in [0.1, 0.15) is 12.3 Å². The van der Waals surface area contributed by atoms with Crippen molar-refractivity contribution in [2.75, 3.05) is 32.8 Å². The van der Waals surface area contributed by atoms with Crippen molar-refractivity contribution in [2.24, 2.45) is 0 Å². The summed E-state index contributed by atoms with van der Waals surface area (Å²) in [5.41, 5.74) is 1.80. The second-order valence-electron chi connectivity index (χ2n) is 7.08. The Morgan fingerprint density at radius 2 is 2.00 bits per heavy atom. The summed E-state index contributed by atoms with van der Waals surface area (Å²) < 4.78 is 11.0. The minimum Gasteiger partial charge on any atom is -0.450 e. The van der Waals surface area contributed by atoms with Crippen molar-refractivity contribution in [1.29, 1.82) is 0 Å². The minimum atomic E-state index is -0.496. The molecule has 0 aliphatic carbocycles. The first-order valence-corrected chi connectivity index (χ1v) is 11.5. The highest BCUT2D eigenvalue weighted by Gasteiger charge is 2.37. The fourth-order valence-corrected chi connectivity index (χ4v) is 4.94. The molecule has 9 nitrogen and oxygen atoms in total. The van der Waals surface area contributed by atoms with Gasteiger partial charge in [0.2, 0.25) is 5.91 Å². The van der Waals surface area contributed by atoms with Crippen molar-refractivity contribution in [3.63, 3.8) is 0 Å². The summed E-state index contributed by atoms with van der Waals surface area (Å²) in [6, 6.07) is 11.2. The highest BCUT2D eigenvalue weighted by molar-refractivity contribution is 8.18. The maximum Gasteiger partial charge on any atom is 0.294 e. The number of fused-ring (bicyclic) bond motifs is 1. The molecule has 164 valence electrons. The number of rotatable bonds is 5. The number of aromatic amines is 1. The molecule has 5 rings (SSSR count). The molecule has 0 atom stereocenters. The van der Waals surface area contributed by atoms with Crippen molar-refractivity contribution in [1.82, 2.24) is 19.8 Å². The molecular weight excluding hydrogens is 452 g/mol. The predicted molar refractivity (Wildman–Crippen MR) is 119 cm³/mol. The largest absolute Gasteiger partial charge is 0.450 e. The molecule has 2 aliphatic rings. The number of carbonyl (C=O) groups excluding carboxylic acids is 3. The molecule has 32 heavy (non-hydrogen) atoms. The Labute approximate surface area is 191 Å². The van der Waals surface area contributed by atoms with Crippen LogP contribution in [0.15, 0.2) is 56.0 Å². The first-order chi connectivity index (χ1) is 15.6. The van der Waals surface area contributed by atoms with E-state index in [0.717, 1.165) is 27.7 Å². The Kier molecular flexibility index (Phi) is 5.77. The van der Waals surface area contributed by atoms with E-state index in [1.807, 2.05) is 24.3 Å². The standard InChI is InChI=1S/C21H18N4O5S2/c26-17(24-7-9-29-10-8-24)12-25-19(27)16(31-21(25)28)11-13-5-6-18(30-13)32-20-22-14-3-1-2-4-15(14)23-20/h1-6,11H,7-10,12H2,(H,22,23)/b16-11+. The van der Waals surface area contributed by atoms with Gasteiger partial charge in [-0.05, 0) is 47.8 Å². The monoisotopic (exact) mass is 470 g/mol. The van der Waals surface area contributed by atoms with E-state index in [-0.39, 0.29) is 17.4 Å². The fourth-order valence-electron chi connectivity index (χ4n) is 3.35. The summed E-state index contributed by atoms with van der Waals surface area (Å²) in [5.74, 6) is -0.322. The number of amides is 3. The molecule has 2 aromatic heterocycles. The molecule has 0 spiro atoms. The van der Waals surface area contributed by atoms with Gasteiger partial charge in [0.15, 0.2) is 10.2 Å². The quantitative estimate of drug-likeness (QED) is 0.567. The van der Waals surface area contributed by atoms with Crippen LogP contribution in [0, 0.1) is 0 Å². The van der Waals surface area contributed by atoms with Crippen molar-refractivity contribution in [2.45, 2.75) is 10.2 Å². The number of H-pyrrole nitrogens is 1. The third-order valence-corrected chi connectivity index (χ3v) is 6.69. The number of hydrogen-bond donors (Lipinski definition) is 1. The van der Waals surface area contributed by atoms with Crippen LogP contribution in [0.5, 0.6) is 0 Å². The van der Waals surface area contributed by atoms with Crippen molar-refractivity contribution < 1.29 is 23.5 Å². The van der Waals surface area contributed by atoms with Crippen molar-refractivity contribution in [3.05, 3.63) is 47.1 Å². The van der Waals surface area contributed by atoms with Gasteiger partial charge in [-0.2, -0.15) is 0 Å². The second-order valence-corrected chi connectivity index (χ2v) is 9.07. The van der Waals surface area contributed by atoms with E-state index in [0.29, 0.717) is 42.3 Å². The number of carbonyl (C=O) groups is 3. The van der Waals surface area contributed by atoms with E-state index in [9.17, 15) is 14.4 Å². The molecule has 0 saturated carbocycles. The molecular formula is C21H18N4O5S2. The SMILES string of the molecule is O=C(CN1C(=O)S/C(=C/c2ccc(Sc3nc4ccccc4[nH]3)o2)C1=O)N1CCOCC1. The lowest BCUT2D eigenvalue weighted by Gasteiger charge is -2.27. The molecule has 1 N–H and O–H groups in total. The number of para-hydroxylation sites is 2. The molecule has 11 heteroatoms. The van der Waals surface area contributed by atoms with Gasteiger partial charge in [0.05, 0.1) is 29.2 Å². The number of imide groups is 1. The normalized spacial score (nSPS) is 18.3. The Bertz CT molecular complexity index is 1190. The Morgan fingerprint density at radius 1 is 1.19 bits per heavy atom. The number of ether oxygens (including phenoxy) is 1. The predicted octanol–water partition coefficient (Wildman–Crippen LogP) is 3.20. The fraction of sp³-hybridized carbons (Fsp3) is 0.238. The summed E-state index contributed by atoms with van der Waals surface area (Å²) in [6.45, 7) is 1.57. The molecule has 0 unspecified atom stereocenters. The summed E-state index contributed by atoms with van der Waals surface area (Å²) >= 11 is 2.13. The van der Waals surface area contributed by atoms with Gasteiger partial charge in [0.25, 0.3) is 11.1 Å². The zero-order valence-corrected chi connectivity index (χ0v) is 18.4. The number of nitrogens with one attached hydrogen (secondary N) is 1. The van der Waals surface area contributed by atoms with E-state index in [1.165, 1.54) is 17.8 Å². The van der Waals surface area contributed by atoms with E-state index in [1.54, 1.807) is 17.0 Å². The zero-order chi connectivity index (χ0) is 22.1. The van der Waals surface area contributed by atoms with Gasteiger partial charge < -0.3 is 19.0 Å². The number of aromatic nitrogens is 2. The Hall–Kier alpha value is -3.02. The van der Waals surface area contributed by atoms with Crippen LogP contribution in [-0.2, 0) is 14.3 Å². The summed E-state index contributed by atoms with van der Waals surface area (Å²) in [7, 11) is 0. The number of imidazole rings is 1. The van der Waals surface area contributed by atoms with Crippen molar-refractivity contribution >= 4 is 57.7 Å². The van der Waals surface area contributed by atoms with Crippen LogP contribution >= 0.6 is 23.5 Å².